The number of nitrogens with zero attached hydrogens (tertiary/aromatic N) is 4. The number of fused-ring (bicyclic) bond motifs is 2. The molecular formula is C31H28N4O2. The zero-order valence-corrected chi connectivity index (χ0v) is 21.0. The van der Waals surface area contributed by atoms with Gasteiger partial charge in [-0.2, -0.15) is 0 Å². The smallest absolute Gasteiger partial charge is 0.281 e. The lowest BCUT2D eigenvalue weighted by molar-refractivity contribution is 0.597. The lowest BCUT2D eigenvalue weighted by atomic mass is 9.98. The summed E-state index contributed by atoms with van der Waals surface area (Å²) >= 11 is 0. The molecule has 0 amide bonds. The van der Waals surface area contributed by atoms with Crippen LogP contribution in [0.3, 0.4) is 0 Å². The number of pyridine rings is 1. The molecule has 5 aromatic rings. The standard InChI is InChI=1S/C31H28N4O2/c1-21-9-8-10-23(17-21)20-34-28-18-29(36)33(16-15-24-19-32-27-14-7-6-13-26(24)27)22(2)30(28)31(37)35(34)25-11-4-3-5-12-25/h3-14,17-19,24H,15-16,20H2,1-2H3/t24-/m1/s1. The van der Waals surface area contributed by atoms with Crippen LogP contribution in [0.5, 0.6) is 0 Å². The molecule has 0 bridgehead atoms. The Hall–Kier alpha value is -4.45. The molecule has 1 aliphatic rings. The van der Waals surface area contributed by atoms with E-state index in [0.29, 0.717) is 29.7 Å². The number of hydrogen-bond donors (Lipinski definition) is 0. The minimum atomic E-state index is -0.118. The van der Waals surface area contributed by atoms with Crippen LogP contribution >= 0.6 is 0 Å². The molecular weight excluding hydrogens is 460 g/mol. The fraction of sp³-hybridized carbons (Fsp3) is 0.194. The van der Waals surface area contributed by atoms with E-state index in [-0.39, 0.29) is 17.0 Å². The van der Waals surface area contributed by atoms with Crippen LogP contribution in [0.25, 0.3) is 16.6 Å². The summed E-state index contributed by atoms with van der Waals surface area (Å²) in [6.07, 6.45) is 2.70. The molecule has 6 heteroatoms. The number of aliphatic imine (C=N–C) groups is 1. The van der Waals surface area contributed by atoms with Crippen LogP contribution in [0, 0.1) is 13.8 Å². The van der Waals surface area contributed by atoms with Crippen molar-refractivity contribution in [1.29, 1.82) is 0 Å². The molecule has 6 rings (SSSR count). The molecule has 2 aromatic heterocycles. The highest BCUT2D eigenvalue weighted by molar-refractivity contribution is 5.82. The summed E-state index contributed by atoms with van der Waals surface area (Å²) in [5.74, 6) is 0.157. The maximum Gasteiger partial charge on any atom is 0.281 e. The molecule has 0 spiro atoms. The molecule has 3 aromatic carbocycles. The maximum absolute atomic E-state index is 13.9. The minimum absolute atomic E-state index is 0.101. The van der Waals surface area contributed by atoms with Crippen molar-refractivity contribution in [3.8, 4) is 5.69 Å². The van der Waals surface area contributed by atoms with Crippen molar-refractivity contribution in [2.75, 3.05) is 0 Å². The second kappa shape index (κ2) is 9.21. The Morgan fingerprint density at radius 2 is 1.65 bits per heavy atom. The number of rotatable bonds is 6. The first-order valence-corrected chi connectivity index (χ1v) is 12.6. The van der Waals surface area contributed by atoms with Gasteiger partial charge in [-0.25, -0.2) is 4.68 Å². The molecule has 0 N–H and O–H groups in total. The predicted octanol–water partition coefficient (Wildman–Crippen LogP) is 5.51. The Morgan fingerprint density at radius 1 is 0.865 bits per heavy atom. The van der Waals surface area contributed by atoms with Gasteiger partial charge in [0, 0.05) is 30.4 Å². The Morgan fingerprint density at radius 3 is 2.46 bits per heavy atom. The monoisotopic (exact) mass is 488 g/mol. The van der Waals surface area contributed by atoms with Gasteiger partial charge < -0.3 is 4.57 Å². The van der Waals surface area contributed by atoms with E-state index >= 15 is 0 Å². The lowest BCUT2D eigenvalue weighted by Gasteiger charge is -2.15. The quantitative estimate of drug-likeness (QED) is 0.316. The van der Waals surface area contributed by atoms with Crippen molar-refractivity contribution >= 4 is 22.8 Å². The van der Waals surface area contributed by atoms with Crippen molar-refractivity contribution in [3.05, 3.63) is 128 Å². The second-order valence-corrected chi connectivity index (χ2v) is 9.71. The largest absolute Gasteiger partial charge is 0.312 e. The second-order valence-electron chi connectivity index (χ2n) is 9.71. The van der Waals surface area contributed by atoms with E-state index in [1.807, 2.05) is 78.5 Å². The molecule has 3 heterocycles. The molecule has 0 saturated carbocycles. The zero-order valence-electron chi connectivity index (χ0n) is 21.0. The minimum Gasteiger partial charge on any atom is -0.312 e. The Kier molecular flexibility index (Phi) is 5.72. The summed E-state index contributed by atoms with van der Waals surface area (Å²) in [5, 5.41) is 0.580. The molecule has 0 fully saturated rings. The van der Waals surface area contributed by atoms with E-state index in [2.05, 4.69) is 30.1 Å². The highest BCUT2D eigenvalue weighted by atomic mass is 16.1. The van der Waals surface area contributed by atoms with E-state index in [9.17, 15) is 9.59 Å². The summed E-state index contributed by atoms with van der Waals surface area (Å²) in [6, 6.07) is 27.6. The summed E-state index contributed by atoms with van der Waals surface area (Å²) < 4.78 is 5.37. The van der Waals surface area contributed by atoms with Crippen molar-refractivity contribution in [1.82, 2.24) is 13.9 Å². The van der Waals surface area contributed by atoms with Crippen LogP contribution in [0.2, 0.25) is 0 Å². The van der Waals surface area contributed by atoms with E-state index in [4.69, 9.17) is 0 Å². The van der Waals surface area contributed by atoms with Crippen LogP contribution in [0.15, 0.2) is 99.5 Å². The van der Waals surface area contributed by atoms with Gasteiger partial charge in [0.2, 0.25) is 0 Å². The Balaban J connectivity index is 1.46. The normalized spacial score (nSPS) is 14.4. The van der Waals surface area contributed by atoms with Gasteiger partial charge in [-0.1, -0.05) is 66.2 Å². The van der Waals surface area contributed by atoms with Gasteiger partial charge in [-0.15, -0.1) is 0 Å². The van der Waals surface area contributed by atoms with Crippen molar-refractivity contribution in [2.45, 2.75) is 39.3 Å². The summed E-state index contributed by atoms with van der Waals surface area (Å²) in [6.45, 7) is 4.93. The van der Waals surface area contributed by atoms with Crippen LogP contribution in [0.1, 0.15) is 34.7 Å². The van der Waals surface area contributed by atoms with E-state index in [1.165, 1.54) is 5.56 Å². The molecule has 0 radical (unpaired) electrons. The molecule has 37 heavy (non-hydrogen) atoms. The first-order valence-electron chi connectivity index (χ1n) is 12.6. The predicted molar refractivity (Wildman–Crippen MR) is 149 cm³/mol. The van der Waals surface area contributed by atoms with E-state index in [1.54, 1.807) is 15.3 Å². The molecule has 184 valence electrons. The van der Waals surface area contributed by atoms with Gasteiger partial charge in [0.1, 0.15) is 0 Å². The Labute approximate surface area is 214 Å². The van der Waals surface area contributed by atoms with Crippen LogP contribution < -0.4 is 11.1 Å². The van der Waals surface area contributed by atoms with Crippen molar-refractivity contribution in [2.24, 2.45) is 4.99 Å². The Bertz CT molecular complexity index is 1770. The average molecular weight is 489 g/mol. The average Bonchev–Trinajstić information content (AvgIpc) is 3.43. The number of hydrogen-bond acceptors (Lipinski definition) is 3. The zero-order chi connectivity index (χ0) is 25.5. The van der Waals surface area contributed by atoms with Gasteiger partial charge in [0.05, 0.1) is 28.8 Å². The van der Waals surface area contributed by atoms with Crippen LogP contribution in [0.4, 0.5) is 5.69 Å². The number of para-hydroxylation sites is 2. The number of aromatic nitrogens is 3. The summed E-state index contributed by atoms with van der Waals surface area (Å²) in [5.41, 5.74) is 6.31. The highest BCUT2D eigenvalue weighted by Crippen LogP contribution is 2.34. The first kappa shape index (κ1) is 23.0. The number of benzene rings is 3. The number of aryl methyl sites for hydroxylation is 2. The molecule has 0 unspecified atom stereocenters. The fourth-order valence-corrected chi connectivity index (χ4v) is 5.45. The van der Waals surface area contributed by atoms with Crippen LogP contribution in [-0.4, -0.2) is 20.1 Å². The van der Waals surface area contributed by atoms with E-state index < -0.39 is 0 Å². The molecule has 0 aliphatic carbocycles. The van der Waals surface area contributed by atoms with Gasteiger partial charge in [0.25, 0.3) is 11.1 Å². The third kappa shape index (κ3) is 4.04. The fourth-order valence-electron chi connectivity index (χ4n) is 5.45. The summed E-state index contributed by atoms with van der Waals surface area (Å²) in [4.78, 5) is 31.9. The topological polar surface area (TPSA) is 61.3 Å². The SMILES string of the molecule is Cc1cccc(Cn2c3cc(=O)n(CC[C@@H]4C=Nc5ccccc54)c(C)c3c(=O)n2-c2ccccc2)c1. The third-order valence-corrected chi connectivity index (χ3v) is 7.28. The van der Waals surface area contributed by atoms with Gasteiger partial charge in [0.15, 0.2) is 0 Å². The molecule has 1 atom stereocenters. The van der Waals surface area contributed by atoms with Crippen LogP contribution in [-0.2, 0) is 13.1 Å². The third-order valence-electron chi connectivity index (χ3n) is 7.28. The molecule has 6 nitrogen and oxygen atoms in total. The van der Waals surface area contributed by atoms with Crippen molar-refractivity contribution in [3.63, 3.8) is 0 Å². The summed E-state index contributed by atoms with van der Waals surface area (Å²) in [7, 11) is 0. The molecule has 1 aliphatic heterocycles. The first-order chi connectivity index (χ1) is 18.0. The van der Waals surface area contributed by atoms with Gasteiger partial charge >= 0.3 is 0 Å². The van der Waals surface area contributed by atoms with Gasteiger partial charge in [-0.05, 0) is 49.6 Å². The van der Waals surface area contributed by atoms with E-state index in [0.717, 1.165) is 28.9 Å². The maximum atomic E-state index is 13.9. The highest BCUT2D eigenvalue weighted by Gasteiger charge is 2.22. The van der Waals surface area contributed by atoms with Gasteiger partial charge in [-0.3, -0.25) is 19.3 Å². The van der Waals surface area contributed by atoms with Crippen molar-refractivity contribution < 1.29 is 0 Å². The lowest BCUT2D eigenvalue weighted by Crippen LogP contribution is -2.24. The molecule has 0 saturated heterocycles.